The van der Waals surface area contributed by atoms with Crippen LogP contribution < -0.4 is 0 Å². The van der Waals surface area contributed by atoms with Crippen molar-refractivity contribution in [3.8, 4) is 0 Å². The summed E-state index contributed by atoms with van der Waals surface area (Å²) in [6.07, 6.45) is 7.64. The van der Waals surface area contributed by atoms with Crippen LogP contribution in [0.25, 0.3) is 43.6 Å². The summed E-state index contributed by atoms with van der Waals surface area (Å²) in [6.45, 7) is 0.927. The number of nitrogens with zero attached hydrogens (tertiary/aromatic N) is 2. The molecule has 6 heteroatoms. The van der Waals surface area contributed by atoms with E-state index < -0.39 is 0 Å². The lowest BCUT2D eigenvalue weighted by Gasteiger charge is -2.07. The highest BCUT2D eigenvalue weighted by Gasteiger charge is 2.16. The van der Waals surface area contributed by atoms with Crippen molar-refractivity contribution in [2.45, 2.75) is 19.4 Å². The average molecular weight is 433 g/mol. The molecule has 30 heavy (non-hydrogen) atoms. The van der Waals surface area contributed by atoms with Crippen molar-refractivity contribution in [1.29, 1.82) is 0 Å². The number of hydrogen-bond donors (Lipinski definition) is 2. The minimum atomic E-state index is 0.743. The Bertz CT molecular complexity index is 1450. The van der Waals surface area contributed by atoms with Gasteiger partial charge in [0.15, 0.2) is 0 Å². The zero-order valence-electron chi connectivity index (χ0n) is 16.0. The molecule has 2 N–H and O–H groups in total. The molecule has 0 radical (unpaired) electrons. The molecular weight excluding hydrogens is 415 g/mol. The van der Waals surface area contributed by atoms with E-state index in [0.29, 0.717) is 0 Å². The number of H-pyrrole nitrogens is 2. The second-order valence-electron chi connectivity index (χ2n) is 7.73. The monoisotopic (exact) mass is 432 g/mol. The fourth-order valence-corrected chi connectivity index (χ4v) is 4.87. The molecule has 0 spiro atoms. The van der Waals surface area contributed by atoms with Gasteiger partial charge in [0, 0.05) is 67.1 Å². The van der Waals surface area contributed by atoms with Gasteiger partial charge in [-0.2, -0.15) is 0 Å². The zero-order valence-corrected chi connectivity index (χ0v) is 17.6. The Hall–Kier alpha value is -2.95. The molecule has 6 rings (SSSR count). The van der Waals surface area contributed by atoms with E-state index in [1.807, 2.05) is 43.0 Å². The van der Waals surface area contributed by atoms with Gasteiger partial charge in [0.2, 0.25) is 0 Å². The molecule has 0 fully saturated rings. The van der Waals surface area contributed by atoms with Crippen LogP contribution in [-0.4, -0.2) is 19.5 Å². The summed E-state index contributed by atoms with van der Waals surface area (Å²) in [4.78, 5) is 11.4. The lowest BCUT2D eigenvalue weighted by Crippen LogP contribution is -1.98. The first-order valence-corrected chi connectivity index (χ1v) is 10.7. The maximum absolute atomic E-state index is 6.32. The molecule has 0 aliphatic carbocycles. The number of halogens is 2. The van der Waals surface area contributed by atoms with Gasteiger partial charge >= 0.3 is 0 Å². The number of aromatic amines is 2. The van der Waals surface area contributed by atoms with Gasteiger partial charge in [-0.15, -0.1) is 0 Å². The third kappa shape index (κ3) is 2.79. The molecule has 0 saturated heterocycles. The van der Waals surface area contributed by atoms with Crippen LogP contribution in [0.3, 0.4) is 0 Å². The lowest BCUT2D eigenvalue weighted by atomic mass is 10.00. The number of nitrogens with one attached hydrogen (secondary N) is 2. The molecule has 3 heterocycles. The second kappa shape index (κ2) is 6.79. The van der Waals surface area contributed by atoms with E-state index in [4.69, 9.17) is 23.2 Å². The number of fused-ring (bicyclic) bond motifs is 6. The average Bonchev–Trinajstić information content (AvgIpc) is 3.45. The number of rotatable bonds is 4. The Morgan fingerprint density at radius 1 is 0.800 bits per heavy atom. The Labute approximate surface area is 182 Å². The van der Waals surface area contributed by atoms with Crippen molar-refractivity contribution < 1.29 is 0 Å². The lowest BCUT2D eigenvalue weighted by molar-refractivity contribution is 0.644. The fourth-order valence-electron chi connectivity index (χ4n) is 4.52. The van der Waals surface area contributed by atoms with E-state index in [1.165, 1.54) is 27.4 Å². The van der Waals surface area contributed by atoms with Crippen LogP contribution in [0.2, 0.25) is 10.0 Å². The number of imidazole rings is 1. The summed E-state index contributed by atoms with van der Waals surface area (Å²) >= 11 is 12.6. The maximum atomic E-state index is 6.32. The van der Waals surface area contributed by atoms with Crippen molar-refractivity contribution in [2.75, 3.05) is 0 Å². The van der Waals surface area contributed by atoms with Crippen LogP contribution in [0.5, 0.6) is 0 Å². The van der Waals surface area contributed by atoms with Gasteiger partial charge in [-0.25, -0.2) is 4.98 Å². The van der Waals surface area contributed by atoms with Gasteiger partial charge in [0.05, 0.1) is 17.4 Å². The minimum Gasteiger partial charge on any atom is -0.354 e. The number of aryl methyl sites for hydroxylation is 2. The van der Waals surface area contributed by atoms with Gasteiger partial charge in [0.1, 0.15) is 0 Å². The Morgan fingerprint density at radius 3 is 2.00 bits per heavy atom. The smallest absolute Gasteiger partial charge is 0.0945 e. The van der Waals surface area contributed by atoms with Gasteiger partial charge in [0.25, 0.3) is 0 Å². The van der Waals surface area contributed by atoms with Crippen LogP contribution in [0, 0.1) is 0 Å². The van der Waals surface area contributed by atoms with Crippen molar-refractivity contribution in [3.63, 3.8) is 0 Å². The van der Waals surface area contributed by atoms with Gasteiger partial charge in [-0.3, -0.25) is 0 Å². The van der Waals surface area contributed by atoms with E-state index in [1.54, 1.807) is 0 Å². The van der Waals surface area contributed by atoms with E-state index in [-0.39, 0.29) is 0 Å². The molecule has 6 aromatic rings. The first kappa shape index (κ1) is 17.9. The maximum Gasteiger partial charge on any atom is 0.0945 e. The third-order valence-electron chi connectivity index (χ3n) is 5.90. The van der Waals surface area contributed by atoms with Crippen molar-refractivity contribution >= 4 is 66.8 Å². The highest BCUT2D eigenvalue weighted by Crippen LogP contribution is 2.38. The SMILES string of the molecule is Clc1ccc2[nH]c3c(CCCn4ccnc4)c4[nH]c5ccc(Cl)cc5c4cc3c2c1. The number of aromatic nitrogens is 4. The molecule has 148 valence electrons. The van der Waals surface area contributed by atoms with E-state index in [0.717, 1.165) is 51.2 Å². The Morgan fingerprint density at radius 2 is 1.43 bits per heavy atom. The predicted molar refractivity (Wildman–Crippen MR) is 126 cm³/mol. The Kier molecular flexibility index (Phi) is 4.05. The van der Waals surface area contributed by atoms with E-state index in [2.05, 4.69) is 37.7 Å². The molecule has 4 nitrogen and oxygen atoms in total. The van der Waals surface area contributed by atoms with Gasteiger partial charge < -0.3 is 14.5 Å². The molecule has 3 aromatic heterocycles. The zero-order chi connectivity index (χ0) is 20.2. The number of benzene rings is 3. The summed E-state index contributed by atoms with van der Waals surface area (Å²) in [6, 6.07) is 14.3. The molecule has 0 amide bonds. The summed E-state index contributed by atoms with van der Waals surface area (Å²) in [7, 11) is 0. The van der Waals surface area contributed by atoms with Crippen molar-refractivity contribution in [2.24, 2.45) is 0 Å². The second-order valence-corrected chi connectivity index (χ2v) is 8.61. The van der Waals surface area contributed by atoms with Crippen LogP contribution in [-0.2, 0) is 13.0 Å². The molecule has 0 aliphatic heterocycles. The third-order valence-corrected chi connectivity index (χ3v) is 6.37. The first-order chi connectivity index (χ1) is 14.7. The van der Waals surface area contributed by atoms with Gasteiger partial charge in [-0.05, 0) is 55.3 Å². The minimum absolute atomic E-state index is 0.743. The van der Waals surface area contributed by atoms with Crippen LogP contribution in [0.1, 0.15) is 12.0 Å². The molecule has 0 atom stereocenters. The summed E-state index contributed by atoms with van der Waals surface area (Å²) < 4.78 is 2.12. The molecule has 0 bridgehead atoms. The summed E-state index contributed by atoms with van der Waals surface area (Å²) in [5.74, 6) is 0. The normalized spacial score (nSPS) is 12.1. The van der Waals surface area contributed by atoms with Crippen molar-refractivity contribution in [1.82, 2.24) is 19.5 Å². The highest BCUT2D eigenvalue weighted by molar-refractivity contribution is 6.33. The summed E-state index contributed by atoms with van der Waals surface area (Å²) in [5, 5.41) is 6.16. The summed E-state index contributed by atoms with van der Waals surface area (Å²) in [5.41, 5.74) is 5.83. The quantitative estimate of drug-likeness (QED) is 0.306. The first-order valence-electron chi connectivity index (χ1n) is 9.97. The van der Waals surface area contributed by atoms with Gasteiger partial charge in [-0.1, -0.05) is 23.2 Å². The van der Waals surface area contributed by atoms with Crippen LogP contribution in [0.15, 0.2) is 61.2 Å². The van der Waals surface area contributed by atoms with E-state index >= 15 is 0 Å². The van der Waals surface area contributed by atoms with Crippen molar-refractivity contribution in [3.05, 3.63) is 76.8 Å². The largest absolute Gasteiger partial charge is 0.354 e. The van der Waals surface area contributed by atoms with Crippen LogP contribution in [0.4, 0.5) is 0 Å². The topological polar surface area (TPSA) is 49.4 Å². The highest BCUT2D eigenvalue weighted by atomic mass is 35.5. The predicted octanol–water partition coefficient (Wildman–Crippen LogP) is 7.09. The van der Waals surface area contributed by atoms with E-state index in [9.17, 15) is 0 Å². The van der Waals surface area contributed by atoms with Crippen LogP contribution >= 0.6 is 23.2 Å². The standard InChI is InChI=1S/C24H18Cl2N4/c25-14-3-5-21-17(10-14)19-12-20-18-11-15(26)4-6-22(18)29-24(20)16(23(19)28-21)2-1-8-30-9-7-27-13-30/h3-7,9-13,28-29H,1-2,8H2. The number of hydrogen-bond acceptors (Lipinski definition) is 1. The molecule has 0 aliphatic rings. The molecule has 3 aromatic carbocycles. The molecular formula is C24H18Cl2N4. The molecule has 0 saturated carbocycles. The Balaban J connectivity index is 1.61. The fraction of sp³-hybridized carbons (Fsp3) is 0.125. The molecule has 0 unspecified atom stereocenters.